The first-order chi connectivity index (χ1) is 13.0. The summed E-state index contributed by atoms with van der Waals surface area (Å²) in [4.78, 5) is 13.6. The quantitative estimate of drug-likeness (QED) is 0.410. The van der Waals surface area contributed by atoms with Crippen LogP contribution in [0.2, 0.25) is 0 Å². The molecule has 1 saturated carbocycles. The molecule has 0 bridgehead atoms. The molecule has 1 aliphatic carbocycles. The lowest BCUT2D eigenvalue weighted by atomic mass is 9.93. The van der Waals surface area contributed by atoms with Gasteiger partial charge in [-0.15, -0.1) is 11.3 Å². The Kier molecular flexibility index (Phi) is 4.95. The number of carbonyl (C=O) groups excluding carboxylic acids is 1. The van der Waals surface area contributed by atoms with E-state index in [9.17, 15) is 4.79 Å². The van der Waals surface area contributed by atoms with Crippen molar-refractivity contribution in [3.8, 4) is 21.6 Å². The van der Waals surface area contributed by atoms with Crippen molar-refractivity contribution in [3.05, 3.63) is 69.5 Å². The summed E-state index contributed by atoms with van der Waals surface area (Å²) >= 11 is 5.32. The third-order valence-corrected chi connectivity index (χ3v) is 7.01. The van der Waals surface area contributed by atoms with Gasteiger partial charge in [0.15, 0.2) is 0 Å². The second-order valence-electron chi connectivity index (χ2n) is 7.02. The molecule has 0 N–H and O–H groups in total. The number of aryl methyl sites for hydroxylation is 1. The summed E-state index contributed by atoms with van der Waals surface area (Å²) in [6, 6.07) is 19.2. The molecule has 2 nitrogen and oxygen atoms in total. The minimum atomic E-state index is -0.400. The van der Waals surface area contributed by atoms with E-state index in [0.717, 1.165) is 27.8 Å². The smallest absolute Gasteiger partial charge is 0.316 e. The van der Waals surface area contributed by atoms with Crippen LogP contribution in [0.4, 0.5) is 0 Å². The molecule has 1 aromatic heterocycles. The predicted molar refractivity (Wildman–Crippen MR) is 115 cm³/mol. The van der Waals surface area contributed by atoms with E-state index in [1.807, 2.05) is 6.92 Å². The molecule has 1 heterocycles. The zero-order valence-corrected chi connectivity index (χ0v) is 17.8. The number of thiophene rings is 1. The topological polar surface area (TPSA) is 26.3 Å². The van der Waals surface area contributed by atoms with Crippen LogP contribution < -0.4 is 0 Å². The molecule has 138 valence electrons. The molecule has 0 saturated heterocycles. The van der Waals surface area contributed by atoms with Crippen molar-refractivity contribution in [3.63, 3.8) is 0 Å². The van der Waals surface area contributed by atoms with E-state index in [0.29, 0.717) is 6.61 Å². The zero-order chi connectivity index (χ0) is 19.0. The van der Waals surface area contributed by atoms with Crippen molar-refractivity contribution >= 4 is 33.2 Å². The number of halogens is 1. The third kappa shape index (κ3) is 3.48. The summed E-state index contributed by atoms with van der Waals surface area (Å²) in [6.07, 6.45) is 1.77. The van der Waals surface area contributed by atoms with Gasteiger partial charge in [0.2, 0.25) is 0 Å². The van der Waals surface area contributed by atoms with Crippen molar-refractivity contribution in [1.82, 2.24) is 0 Å². The lowest BCUT2D eigenvalue weighted by Crippen LogP contribution is -2.23. The van der Waals surface area contributed by atoms with Crippen LogP contribution in [0.1, 0.15) is 30.9 Å². The molecule has 1 fully saturated rings. The van der Waals surface area contributed by atoms with Crippen molar-refractivity contribution in [1.29, 1.82) is 0 Å². The summed E-state index contributed by atoms with van der Waals surface area (Å²) in [6.45, 7) is 4.43. The minimum Gasteiger partial charge on any atom is -0.465 e. The molecular formula is C23H21BrO2S. The average Bonchev–Trinajstić information content (AvgIpc) is 3.42. The van der Waals surface area contributed by atoms with Gasteiger partial charge in [0, 0.05) is 4.88 Å². The van der Waals surface area contributed by atoms with Crippen LogP contribution >= 0.6 is 27.3 Å². The first kappa shape index (κ1) is 18.5. The average molecular weight is 441 g/mol. The molecule has 0 aliphatic heterocycles. The number of carbonyl (C=O) groups is 1. The fraction of sp³-hybridized carbons (Fsp3) is 0.261. The number of hydrogen-bond donors (Lipinski definition) is 0. The van der Waals surface area contributed by atoms with Crippen LogP contribution in [0.25, 0.3) is 21.6 Å². The Morgan fingerprint density at radius 2 is 1.59 bits per heavy atom. The lowest BCUT2D eigenvalue weighted by molar-refractivity contribution is -0.146. The number of esters is 1. The van der Waals surface area contributed by atoms with Crippen LogP contribution in [0.15, 0.2) is 58.4 Å². The van der Waals surface area contributed by atoms with E-state index in [4.69, 9.17) is 4.74 Å². The van der Waals surface area contributed by atoms with Crippen LogP contribution in [-0.4, -0.2) is 12.6 Å². The van der Waals surface area contributed by atoms with E-state index < -0.39 is 5.41 Å². The van der Waals surface area contributed by atoms with Crippen LogP contribution in [0.5, 0.6) is 0 Å². The number of rotatable bonds is 5. The number of benzene rings is 2. The highest BCUT2D eigenvalue weighted by Gasteiger charge is 2.52. The highest BCUT2D eigenvalue weighted by Crippen LogP contribution is 2.49. The molecule has 2 aromatic carbocycles. The first-order valence-electron chi connectivity index (χ1n) is 9.18. The highest BCUT2D eigenvalue weighted by atomic mass is 79.9. The molecule has 0 radical (unpaired) electrons. The van der Waals surface area contributed by atoms with Crippen molar-refractivity contribution in [2.75, 3.05) is 6.61 Å². The van der Waals surface area contributed by atoms with Gasteiger partial charge in [-0.1, -0.05) is 48.5 Å². The van der Waals surface area contributed by atoms with E-state index in [2.05, 4.69) is 77.5 Å². The number of hydrogen-bond acceptors (Lipinski definition) is 3. The molecule has 0 atom stereocenters. The van der Waals surface area contributed by atoms with Gasteiger partial charge < -0.3 is 4.74 Å². The van der Waals surface area contributed by atoms with Gasteiger partial charge in [-0.2, -0.15) is 0 Å². The molecule has 0 spiro atoms. The molecule has 0 amide bonds. The summed E-state index contributed by atoms with van der Waals surface area (Å²) in [5, 5.41) is 0. The second kappa shape index (κ2) is 7.25. The molecule has 27 heavy (non-hydrogen) atoms. The van der Waals surface area contributed by atoms with Crippen molar-refractivity contribution < 1.29 is 9.53 Å². The maximum absolute atomic E-state index is 12.3. The van der Waals surface area contributed by atoms with Crippen LogP contribution in [0.3, 0.4) is 0 Å². The van der Waals surface area contributed by atoms with Gasteiger partial charge in [0.05, 0.1) is 15.8 Å². The summed E-state index contributed by atoms with van der Waals surface area (Å²) < 4.78 is 6.42. The van der Waals surface area contributed by atoms with E-state index in [1.165, 1.54) is 21.6 Å². The van der Waals surface area contributed by atoms with Crippen LogP contribution in [0, 0.1) is 6.92 Å². The molecule has 1 aliphatic rings. The Labute approximate surface area is 172 Å². The highest BCUT2D eigenvalue weighted by molar-refractivity contribution is 9.11. The maximum Gasteiger partial charge on any atom is 0.316 e. The van der Waals surface area contributed by atoms with Gasteiger partial charge in [-0.3, -0.25) is 4.79 Å². The Bertz CT molecular complexity index is 967. The number of ether oxygens (including phenoxy) is 1. The Balaban J connectivity index is 1.56. The normalized spacial score (nSPS) is 14.8. The SMILES string of the molecule is CCOC(=O)C1(c2ccc(-c3ccc(-c4sc(Br)cc4C)cc3)cc2)CC1. The van der Waals surface area contributed by atoms with Gasteiger partial charge in [-0.25, -0.2) is 0 Å². The third-order valence-electron chi connectivity index (χ3n) is 5.22. The monoisotopic (exact) mass is 440 g/mol. The van der Waals surface area contributed by atoms with Crippen LogP contribution in [-0.2, 0) is 14.9 Å². The Hall–Kier alpha value is -1.91. The summed E-state index contributed by atoms with van der Waals surface area (Å²) in [5.41, 5.74) is 5.54. The molecule has 0 unspecified atom stereocenters. The van der Waals surface area contributed by atoms with E-state index in [-0.39, 0.29) is 5.97 Å². The molecular weight excluding hydrogens is 420 g/mol. The van der Waals surface area contributed by atoms with Gasteiger partial charge in [0.1, 0.15) is 0 Å². The van der Waals surface area contributed by atoms with E-state index >= 15 is 0 Å². The largest absolute Gasteiger partial charge is 0.465 e. The lowest BCUT2D eigenvalue weighted by Gasteiger charge is -2.14. The Morgan fingerprint density at radius 3 is 2.07 bits per heavy atom. The fourth-order valence-electron chi connectivity index (χ4n) is 3.53. The minimum absolute atomic E-state index is 0.0837. The molecule has 4 rings (SSSR count). The summed E-state index contributed by atoms with van der Waals surface area (Å²) in [7, 11) is 0. The van der Waals surface area contributed by atoms with Gasteiger partial charge in [0.25, 0.3) is 0 Å². The molecule has 4 heteroatoms. The standard InChI is InChI=1S/C23H21BrO2S/c1-3-26-22(25)23(12-13-23)19-10-8-17(9-11-19)16-4-6-18(7-5-16)21-15(2)14-20(24)27-21/h4-11,14H,3,12-13H2,1-2H3. The van der Waals surface area contributed by atoms with Gasteiger partial charge >= 0.3 is 5.97 Å². The second-order valence-corrected chi connectivity index (χ2v) is 9.45. The fourth-order valence-corrected chi connectivity index (χ4v) is 5.26. The maximum atomic E-state index is 12.3. The van der Waals surface area contributed by atoms with Crippen molar-refractivity contribution in [2.24, 2.45) is 0 Å². The zero-order valence-electron chi connectivity index (χ0n) is 15.4. The predicted octanol–water partition coefficient (Wildman–Crippen LogP) is 6.75. The Morgan fingerprint density at radius 1 is 1.04 bits per heavy atom. The molecule has 3 aromatic rings. The van der Waals surface area contributed by atoms with E-state index in [1.54, 1.807) is 11.3 Å². The van der Waals surface area contributed by atoms with Gasteiger partial charge in [-0.05, 0) is 76.5 Å². The van der Waals surface area contributed by atoms with Crippen molar-refractivity contribution in [2.45, 2.75) is 32.1 Å². The summed E-state index contributed by atoms with van der Waals surface area (Å²) in [5.74, 6) is -0.0837. The first-order valence-corrected chi connectivity index (χ1v) is 10.8.